The minimum atomic E-state index is -0.478. The summed E-state index contributed by atoms with van der Waals surface area (Å²) in [6.07, 6.45) is 10.8. The molecule has 6 heteroatoms. The lowest BCUT2D eigenvalue weighted by Crippen LogP contribution is -2.13. The van der Waals surface area contributed by atoms with E-state index in [1.54, 1.807) is 23.7 Å². The number of pyridine rings is 1. The lowest BCUT2D eigenvalue weighted by molar-refractivity contribution is 0.102. The molecule has 0 bridgehead atoms. The summed E-state index contributed by atoms with van der Waals surface area (Å²) in [6, 6.07) is 7.25. The highest BCUT2D eigenvalue weighted by Gasteiger charge is 2.22. The van der Waals surface area contributed by atoms with Gasteiger partial charge in [-0.25, -0.2) is 9.37 Å². The van der Waals surface area contributed by atoms with Gasteiger partial charge in [-0.2, -0.15) is 0 Å². The van der Waals surface area contributed by atoms with Gasteiger partial charge in [0.25, 0.3) is 5.91 Å². The van der Waals surface area contributed by atoms with Crippen LogP contribution in [0.25, 0.3) is 16.6 Å². The molecule has 1 saturated carbocycles. The van der Waals surface area contributed by atoms with Crippen LogP contribution in [0, 0.1) is 19.7 Å². The van der Waals surface area contributed by atoms with E-state index in [0.717, 1.165) is 11.1 Å². The van der Waals surface area contributed by atoms with Crippen LogP contribution in [-0.2, 0) is 0 Å². The van der Waals surface area contributed by atoms with Crippen molar-refractivity contribution in [2.45, 2.75) is 58.3 Å². The molecule has 0 spiro atoms. The van der Waals surface area contributed by atoms with E-state index in [9.17, 15) is 9.18 Å². The van der Waals surface area contributed by atoms with Gasteiger partial charge in [0.2, 0.25) is 0 Å². The molecule has 1 aliphatic carbocycles. The first-order valence-corrected chi connectivity index (χ1v) is 11.0. The fraction of sp³-hybridized carbons (Fsp3) is 0.360. The largest absolute Gasteiger partial charge is 0.461 e. The van der Waals surface area contributed by atoms with Gasteiger partial charge in [-0.05, 0) is 50.3 Å². The number of nitrogens with one attached hydrogen (secondary N) is 1. The van der Waals surface area contributed by atoms with Crippen molar-refractivity contribution in [2.75, 3.05) is 5.32 Å². The van der Waals surface area contributed by atoms with Gasteiger partial charge in [0.05, 0.1) is 16.9 Å². The Bertz CT molecular complexity index is 1280. The average molecular weight is 420 g/mol. The molecule has 5 nitrogen and oxygen atoms in total. The van der Waals surface area contributed by atoms with Gasteiger partial charge in [-0.3, -0.25) is 4.79 Å². The number of aryl methyl sites for hydroxylation is 2. The smallest absolute Gasteiger partial charge is 0.259 e. The number of hydrogen-bond donors (Lipinski definition) is 1. The second kappa shape index (κ2) is 7.84. The maximum atomic E-state index is 14.4. The number of carbonyl (C=O) groups is 1. The monoisotopic (exact) mass is 419 g/mol. The Balaban J connectivity index is 1.50. The molecule has 0 radical (unpaired) electrons. The molecular formula is C25H26FN3O2. The van der Waals surface area contributed by atoms with Crippen LogP contribution in [-0.4, -0.2) is 15.3 Å². The lowest BCUT2D eigenvalue weighted by Gasteiger charge is -2.16. The van der Waals surface area contributed by atoms with Gasteiger partial charge < -0.3 is 14.1 Å². The van der Waals surface area contributed by atoms with Crippen LogP contribution in [0.1, 0.15) is 71.8 Å². The number of furan rings is 1. The molecule has 0 aliphatic heterocycles. The summed E-state index contributed by atoms with van der Waals surface area (Å²) in [5, 5.41) is 3.84. The topological polar surface area (TPSA) is 59.5 Å². The number of imidazole rings is 1. The van der Waals surface area contributed by atoms with Crippen LogP contribution in [0.2, 0.25) is 0 Å². The van der Waals surface area contributed by atoms with Crippen molar-refractivity contribution in [2.24, 2.45) is 0 Å². The third-order valence-electron chi connectivity index (χ3n) is 6.26. The van der Waals surface area contributed by atoms with Gasteiger partial charge >= 0.3 is 0 Å². The SMILES string of the molecule is Cc1cn2cc(NC(=O)c3ccc(C4CCCCCC4)c4cc(C)oc34)cc(F)c2n1. The van der Waals surface area contributed by atoms with Crippen molar-refractivity contribution in [1.82, 2.24) is 9.38 Å². The average Bonchev–Trinajstić information content (AvgIpc) is 3.18. The standard InChI is InChI=1S/C25H26FN3O2/c1-15-13-29-14-18(12-22(26)24(29)27-15)28-25(30)20-10-9-19(17-7-5-3-4-6-8-17)21-11-16(2)31-23(20)21/h9-14,17H,3-8H2,1-2H3,(H,28,30). The number of hydrogen-bond acceptors (Lipinski definition) is 3. The second-order valence-electron chi connectivity index (χ2n) is 8.63. The fourth-order valence-corrected chi connectivity index (χ4v) is 4.84. The summed E-state index contributed by atoms with van der Waals surface area (Å²) in [6.45, 7) is 3.71. The van der Waals surface area contributed by atoms with Crippen LogP contribution in [0.3, 0.4) is 0 Å². The first-order chi connectivity index (χ1) is 15.0. The Kier molecular flexibility index (Phi) is 5.00. The zero-order valence-corrected chi connectivity index (χ0v) is 17.9. The summed E-state index contributed by atoms with van der Waals surface area (Å²) < 4.78 is 22.0. The van der Waals surface area contributed by atoms with Crippen molar-refractivity contribution >= 4 is 28.2 Å². The summed E-state index contributed by atoms with van der Waals surface area (Å²) >= 11 is 0. The fourth-order valence-electron chi connectivity index (χ4n) is 4.84. The highest BCUT2D eigenvalue weighted by molar-refractivity contribution is 6.12. The number of carbonyl (C=O) groups excluding carboxylic acids is 1. The predicted molar refractivity (Wildman–Crippen MR) is 119 cm³/mol. The maximum Gasteiger partial charge on any atom is 0.259 e. The van der Waals surface area contributed by atoms with Gasteiger partial charge in [-0.15, -0.1) is 0 Å². The van der Waals surface area contributed by atoms with Gasteiger partial charge in [0, 0.05) is 23.8 Å². The molecule has 4 aromatic rings. The number of halogens is 1. The zero-order valence-electron chi connectivity index (χ0n) is 17.9. The lowest BCUT2D eigenvalue weighted by atomic mass is 9.88. The molecule has 1 fully saturated rings. The molecule has 0 unspecified atom stereocenters. The van der Waals surface area contributed by atoms with Gasteiger partial charge in [0.1, 0.15) is 11.3 Å². The van der Waals surface area contributed by atoms with Crippen molar-refractivity contribution in [3.8, 4) is 0 Å². The van der Waals surface area contributed by atoms with Crippen molar-refractivity contribution < 1.29 is 13.6 Å². The molecule has 3 aromatic heterocycles. The first-order valence-electron chi connectivity index (χ1n) is 11.0. The Morgan fingerprint density at radius 1 is 1.13 bits per heavy atom. The number of anilines is 1. The van der Waals surface area contributed by atoms with E-state index in [4.69, 9.17) is 4.42 Å². The molecule has 160 valence electrons. The highest BCUT2D eigenvalue weighted by Crippen LogP contribution is 2.38. The third-order valence-corrected chi connectivity index (χ3v) is 6.26. The normalized spacial score (nSPS) is 15.5. The van der Waals surface area contributed by atoms with Crippen molar-refractivity contribution in [3.05, 3.63) is 65.1 Å². The number of amides is 1. The Hall–Kier alpha value is -3.15. The maximum absolute atomic E-state index is 14.4. The summed E-state index contributed by atoms with van der Waals surface area (Å²) in [5.41, 5.74) is 3.67. The molecule has 1 aromatic carbocycles. The van der Waals surface area contributed by atoms with E-state index in [2.05, 4.69) is 16.4 Å². The van der Waals surface area contributed by atoms with E-state index < -0.39 is 5.82 Å². The van der Waals surface area contributed by atoms with E-state index >= 15 is 0 Å². The number of benzene rings is 1. The minimum Gasteiger partial charge on any atom is -0.461 e. The van der Waals surface area contributed by atoms with Gasteiger partial charge in [-0.1, -0.05) is 31.7 Å². The molecule has 0 atom stereocenters. The molecule has 5 rings (SSSR count). The zero-order chi connectivity index (χ0) is 21.5. The number of nitrogens with zero attached hydrogens (tertiary/aromatic N) is 2. The summed E-state index contributed by atoms with van der Waals surface area (Å²) in [4.78, 5) is 17.3. The molecule has 3 heterocycles. The Morgan fingerprint density at radius 3 is 2.68 bits per heavy atom. The van der Waals surface area contributed by atoms with Gasteiger partial charge in [0.15, 0.2) is 11.5 Å². The first kappa shape index (κ1) is 19.8. The Morgan fingerprint density at radius 2 is 1.90 bits per heavy atom. The number of rotatable bonds is 3. The molecule has 1 aliphatic rings. The molecular weight excluding hydrogens is 393 g/mol. The third kappa shape index (κ3) is 3.71. The van der Waals surface area contributed by atoms with Crippen LogP contribution >= 0.6 is 0 Å². The number of fused-ring (bicyclic) bond motifs is 2. The quantitative estimate of drug-likeness (QED) is 0.384. The molecule has 31 heavy (non-hydrogen) atoms. The van der Waals surface area contributed by atoms with E-state index in [-0.39, 0.29) is 11.6 Å². The van der Waals surface area contributed by atoms with Crippen molar-refractivity contribution in [1.29, 1.82) is 0 Å². The molecule has 1 amide bonds. The Labute approximate surface area is 180 Å². The van der Waals surface area contributed by atoms with Crippen LogP contribution < -0.4 is 5.32 Å². The minimum absolute atomic E-state index is 0.243. The second-order valence-corrected chi connectivity index (χ2v) is 8.63. The van der Waals surface area contributed by atoms with Crippen LogP contribution in [0.5, 0.6) is 0 Å². The van der Waals surface area contributed by atoms with Crippen LogP contribution in [0.15, 0.2) is 41.1 Å². The van der Waals surface area contributed by atoms with E-state index in [0.29, 0.717) is 28.4 Å². The molecule has 1 N–H and O–H groups in total. The predicted octanol–water partition coefficient (Wildman–Crippen LogP) is 6.53. The summed E-state index contributed by atoms with van der Waals surface area (Å²) in [5.74, 6) is 0.488. The molecule has 0 saturated heterocycles. The highest BCUT2D eigenvalue weighted by atomic mass is 19.1. The van der Waals surface area contributed by atoms with E-state index in [1.807, 2.05) is 19.1 Å². The van der Waals surface area contributed by atoms with E-state index in [1.165, 1.54) is 50.2 Å². The summed E-state index contributed by atoms with van der Waals surface area (Å²) in [7, 11) is 0. The van der Waals surface area contributed by atoms with Crippen molar-refractivity contribution in [3.63, 3.8) is 0 Å². The van der Waals surface area contributed by atoms with Crippen LogP contribution in [0.4, 0.5) is 10.1 Å². The number of aromatic nitrogens is 2.